The maximum Gasteiger partial charge on any atom is 0.304 e. The van der Waals surface area contributed by atoms with E-state index in [0.29, 0.717) is 5.02 Å². The highest BCUT2D eigenvalue weighted by molar-refractivity contribution is 7.07. The van der Waals surface area contributed by atoms with E-state index >= 15 is 0 Å². The molecule has 0 spiro atoms. The molecule has 2 N–H and O–H groups in total. The highest BCUT2D eigenvalue weighted by Gasteiger charge is 2.10. The van der Waals surface area contributed by atoms with Crippen molar-refractivity contribution in [1.82, 2.24) is 15.0 Å². The fourth-order valence-corrected chi connectivity index (χ4v) is 3.20. The number of benzene rings is 1. The Morgan fingerprint density at radius 1 is 1.20 bits per heavy atom. The van der Waals surface area contributed by atoms with E-state index in [1.165, 1.54) is 0 Å². The lowest BCUT2D eigenvalue weighted by Crippen LogP contribution is -1.92. The van der Waals surface area contributed by atoms with Gasteiger partial charge in [-0.1, -0.05) is 29.0 Å². The van der Waals surface area contributed by atoms with Gasteiger partial charge in [0.2, 0.25) is 0 Å². The van der Waals surface area contributed by atoms with Crippen molar-refractivity contribution in [3.05, 3.63) is 50.5 Å². The minimum absolute atomic E-state index is 0.0567. The standard InChI is InChI=1S/C14H8ClN3OS/c15-9-3-4-16-13-12(9)8-5-7(1-2-10(8)17-13)11-6-20-14(19)18-11/h1-6H,(H,16,17)(H,18,19). The highest BCUT2D eigenvalue weighted by atomic mass is 35.5. The third-order valence-electron chi connectivity index (χ3n) is 3.27. The summed E-state index contributed by atoms with van der Waals surface area (Å²) in [6.07, 6.45) is 1.68. The maximum absolute atomic E-state index is 11.3. The fourth-order valence-electron chi connectivity index (χ4n) is 2.37. The molecule has 0 amide bonds. The number of aromatic amines is 2. The molecule has 20 heavy (non-hydrogen) atoms. The SMILES string of the molecule is O=c1[nH]c(-c2ccc3[nH]c4nccc(Cl)c4c3c2)cs1. The maximum atomic E-state index is 11.3. The van der Waals surface area contributed by atoms with E-state index in [9.17, 15) is 4.79 Å². The molecule has 3 heterocycles. The first-order valence-electron chi connectivity index (χ1n) is 5.96. The first-order chi connectivity index (χ1) is 9.72. The fraction of sp³-hybridized carbons (Fsp3) is 0. The summed E-state index contributed by atoms with van der Waals surface area (Å²) < 4.78 is 0. The summed E-state index contributed by atoms with van der Waals surface area (Å²) >= 11 is 7.42. The van der Waals surface area contributed by atoms with Crippen LogP contribution in [-0.4, -0.2) is 15.0 Å². The molecular weight excluding hydrogens is 294 g/mol. The van der Waals surface area contributed by atoms with E-state index in [2.05, 4.69) is 15.0 Å². The number of fused-ring (bicyclic) bond motifs is 3. The largest absolute Gasteiger partial charge is 0.339 e. The average molecular weight is 302 g/mol. The van der Waals surface area contributed by atoms with Crippen LogP contribution in [0.2, 0.25) is 5.02 Å². The molecule has 0 fully saturated rings. The molecule has 0 aliphatic rings. The van der Waals surface area contributed by atoms with Crippen LogP contribution in [0.1, 0.15) is 0 Å². The molecule has 0 radical (unpaired) electrons. The molecule has 0 saturated heterocycles. The topological polar surface area (TPSA) is 61.5 Å². The summed E-state index contributed by atoms with van der Waals surface area (Å²) in [5.41, 5.74) is 3.51. The molecule has 0 unspecified atom stereocenters. The summed E-state index contributed by atoms with van der Waals surface area (Å²) in [6.45, 7) is 0. The van der Waals surface area contributed by atoms with Crippen LogP contribution in [0, 0.1) is 0 Å². The van der Waals surface area contributed by atoms with Gasteiger partial charge in [-0.05, 0) is 23.8 Å². The summed E-state index contributed by atoms with van der Waals surface area (Å²) in [5.74, 6) is 0. The van der Waals surface area contributed by atoms with Crippen molar-refractivity contribution < 1.29 is 0 Å². The number of nitrogens with one attached hydrogen (secondary N) is 2. The molecule has 0 aliphatic heterocycles. The molecule has 1 aromatic carbocycles. The van der Waals surface area contributed by atoms with Crippen molar-refractivity contribution in [2.45, 2.75) is 0 Å². The van der Waals surface area contributed by atoms with Crippen LogP contribution in [-0.2, 0) is 0 Å². The summed E-state index contributed by atoms with van der Waals surface area (Å²) in [4.78, 5) is 21.6. The van der Waals surface area contributed by atoms with Crippen LogP contribution in [0.25, 0.3) is 33.2 Å². The molecule has 98 valence electrons. The lowest BCUT2D eigenvalue weighted by Gasteiger charge is -1.98. The van der Waals surface area contributed by atoms with Gasteiger partial charge >= 0.3 is 4.87 Å². The molecular formula is C14H8ClN3OS. The first kappa shape index (κ1) is 11.7. The summed E-state index contributed by atoms with van der Waals surface area (Å²) in [5, 5.41) is 4.39. The van der Waals surface area contributed by atoms with Crippen molar-refractivity contribution >= 4 is 44.9 Å². The molecule has 0 bridgehead atoms. The number of thiazole rings is 1. The zero-order valence-electron chi connectivity index (χ0n) is 10.1. The number of rotatable bonds is 1. The highest BCUT2D eigenvalue weighted by Crippen LogP contribution is 2.32. The molecule has 0 saturated carbocycles. The Balaban J connectivity index is 2.07. The second-order valence-electron chi connectivity index (χ2n) is 4.46. The Labute approximate surface area is 122 Å². The van der Waals surface area contributed by atoms with Crippen LogP contribution in [0.5, 0.6) is 0 Å². The second-order valence-corrected chi connectivity index (χ2v) is 5.71. The number of aromatic nitrogens is 3. The summed E-state index contributed by atoms with van der Waals surface area (Å²) in [6, 6.07) is 7.72. The van der Waals surface area contributed by atoms with Crippen molar-refractivity contribution in [3.63, 3.8) is 0 Å². The van der Waals surface area contributed by atoms with Crippen LogP contribution >= 0.6 is 22.9 Å². The van der Waals surface area contributed by atoms with Crippen LogP contribution in [0.4, 0.5) is 0 Å². The minimum atomic E-state index is -0.0567. The minimum Gasteiger partial charge on any atom is -0.339 e. The monoisotopic (exact) mass is 301 g/mol. The summed E-state index contributed by atoms with van der Waals surface area (Å²) in [7, 11) is 0. The van der Waals surface area contributed by atoms with Gasteiger partial charge in [0.15, 0.2) is 0 Å². The number of hydrogen-bond acceptors (Lipinski definition) is 3. The Bertz CT molecular complexity index is 998. The zero-order valence-corrected chi connectivity index (χ0v) is 11.7. The van der Waals surface area contributed by atoms with Crippen LogP contribution < -0.4 is 4.87 Å². The van der Waals surface area contributed by atoms with Crippen molar-refractivity contribution in [2.24, 2.45) is 0 Å². The van der Waals surface area contributed by atoms with E-state index < -0.39 is 0 Å². The van der Waals surface area contributed by atoms with E-state index in [1.54, 1.807) is 12.3 Å². The van der Waals surface area contributed by atoms with Gasteiger partial charge in [-0.25, -0.2) is 4.98 Å². The van der Waals surface area contributed by atoms with Gasteiger partial charge in [0.1, 0.15) is 5.65 Å². The molecule has 3 aromatic heterocycles. The van der Waals surface area contributed by atoms with Gasteiger partial charge < -0.3 is 9.97 Å². The number of halogens is 1. The molecule has 0 aliphatic carbocycles. The lowest BCUT2D eigenvalue weighted by atomic mass is 10.1. The van der Waals surface area contributed by atoms with Crippen molar-refractivity contribution in [2.75, 3.05) is 0 Å². The van der Waals surface area contributed by atoms with E-state index in [4.69, 9.17) is 11.6 Å². The molecule has 6 heteroatoms. The number of hydrogen-bond donors (Lipinski definition) is 2. The Morgan fingerprint density at radius 3 is 2.90 bits per heavy atom. The van der Waals surface area contributed by atoms with Crippen LogP contribution in [0.15, 0.2) is 40.6 Å². The van der Waals surface area contributed by atoms with Gasteiger partial charge in [0.25, 0.3) is 0 Å². The van der Waals surface area contributed by atoms with Crippen molar-refractivity contribution in [3.8, 4) is 11.3 Å². The predicted octanol–water partition coefficient (Wildman–Crippen LogP) is 3.79. The van der Waals surface area contributed by atoms with Gasteiger partial charge in [-0.3, -0.25) is 4.79 Å². The van der Waals surface area contributed by atoms with Gasteiger partial charge in [-0.15, -0.1) is 0 Å². The average Bonchev–Trinajstić information content (AvgIpc) is 3.02. The first-order valence-corrected chi connectivity index (χ1v) is 7.22. The molecule has 4 nitrogen and oxygen atoms in total. The van der Waals surface area contributed by atoms with Crippen LogP contribution in [0.3, 0.4) is 0 Å². The normalized spacial score (nSPS) is 11.4. The molecule has 4 aromatic rings. The molecule has 4 rings (SSSR count). The number of H-pyrrole nitrogens is 2. The lowest BCUT2D eigenvalue weighted by molar-refractivity contribution is 1.34. The van der Waals surface area contributed by atoms with E-state index in [0.717, 1.165) is 44.5 Å². The second kappa shape index (κ2) is 4.19. The third-order valence-corrected chi connectivity index (χ3v) is 4.26. The Hall–Kier alpha value is -2.11. The van der Waals surface area contributed by atoms with E-state index in [1.807, 2.05) is 23.6 Å². The number of nitrogens with zero attached hydrogens (tertiary/aromatic N) is 1. The Morgan fingerprint density at radius 2 is 2.10 bits per heavy atom. The Kier molecular flexibility index (Phi) is 2.45. The quantitative estimate of drug-likeness (QED) is 0.562. The smallest absolute Gasteiger partial charge is 0.304 e. The van der Waals surface area contributed by atoms with E-state index in [-0.39, 0.29) is 4.87 Å². The van der Waals surface area contributed by atoms with Gasteiger partial charge in [0.05, 0.1) is 10.7 Å². The zero-order chi connectivity index (χ0) is 13.7. The third kappa shape index (κ3) is 1.67. The predicted molar refractivity (Wildman–Crippen MR) is 82.5 cm³/mol. The molecule has 0 atom stereocenters. The van der Waals surface area contributed by atoms with Gasteiger partial charge in [0, 0.05) is 27.9 Å². The van der Waals surface area contributed by atoms with Crippen molar-refractivity contribution in [1.29, 1.82) is 0 Å². The number of pyridine rings is 1. The van der Waals surface area contributed by atoms with Gasteiger partial charge in [-0.2, -0.15) is 0 Å².